The van der Waals surface area contributed by atoms with Crippen molar-refractivity contribution in [3.63, 3.8) is 0 Å². The smallest absolute Gasteiger partial charge is 0.162 e. The molecule has 1 N–H and O–H groups in total. The number of nitrogens with one attached hydrogen (secondary N) is 1. The van der Waals surface area contributed by atoms with E-state index in [9.17, 15) is 0 Å². The van der Waals surface area contributed by atoms with Crippen molar-refractivity contribution < 1.29 is 9.47 Å². The topological polar surface area (TPSA) is 30.5 Å². The third kappa shape index (κ3) is 4.13. The first-order valence-corrected chi connectivity index (χ1v) is 8.26. The van der Waals surface area contributed by atoms with Gasteiger partial charge in [-0.2, -0.15) is 0 Å². The molecule has 1 saturated carbocycles. The van der Waals surface area contributed by atoms with Crippen molar-refractivity contribution in [2.75, 3.05) is 13.7 Å². The van der Waals surface area contributed by atoms with Gasteiger partial charge in [-0.15, -0.1) is 0 Å². The van der Waals surface area contributed by atoms with E-state index in [0.717, 1.165) is 28.9 Å². The second kappa shape index (κ2) is 7.89. The molecule has 0 heterocycles. The van der Waals surface area contributed by atoms with E-state index in [1.807, 2.05) is 6.07 Å². The summed E-state index contributed by atoms with van der Waals surface area (Å²) in [6.45, 7) is 3.68. The summed E-state index contributed by atoms with van der Waals surface area (Å²) in [6.07, 6.45) is 6.29. The van der Waals surface area contributed by atoms with Crippen molar-refractivity contribution in [1.29, 1.82) is 0 Å². The van der Waals surface area contributed by atoms with Gasteiger partial charge in [0.05, 0.1) is 13.7 Å². The molecule has 0 amide bonds. The van der Waals surface area contributed by atoms with E-state index in [0.29, 0.717) is 12.6 Å². The van der Waals surface area contributed by atoms with Gasteiger partial charge in [0.25, 0.3) is 0 Å². The van der Waals surface area contributed by atoms with Gasteiger partial charge in [0, 0.05) is 17.1 Å². The van der Waals surface area contributed by atoms with E-state index in [4.69, 9.17) is 9.47 Å². The number of hydrogen-bond donors (Lipinski definition) is 1. The van der Waals surface area contributed by atoms with E-state index in [1.54, 1.807) is 7.11 Å². The quantitative estimate of drug-likeness (QED) is 0.802. The monoisotopic (exact) mass is 341 g/mol. The van der Waals surface area contributed by atoms with Gasteiger partial charge in [-0.25, -0.2) is 0 Å². The Hall–Kier alpha value is -0.740. The van der Waals surface area contributed by atoms with Crippen molar-refractivity contribution in [2.24, 2.45) is 0 Å². The van der Waals surface area contributed by atoms with Gasteiger partial charge >= 0.3 is 0 Å². The van der Waals surface area contributed by atoms with Crippen LogP contribution in [-0.2, 0) is 6.54 Å². The second-order valence-electron chi connectivity index (χ2n) is 5.31. The summed E-state index contributed by atoms with van der Waals surface area (Å²) in [5, 5.41) is 3.63. The number of benzene rings is 1. The average molecular weight is 342 g/mol. The average Bonchev–Trinajstić information content (AvgIpc) is 2.97. The molecule has 0 aromatic heterocycles. The molecular formula is C16H24BrNO2. The lowest BCUT2D eigenvalue weighted by Crippen LogP contribution is -2.25. The predicted molar refractivity (Wildman–Crippen MR) is 85.6 cm³/mol. The van der Waals surface area contributed by atoms with Gasteiger partial charge in [-0.3, -0.25) is 0 Å². The van der Waals surface area contributed by atoms with E-state index >= 15 is 0 Å². The van der Waals surface area contributed by atoms with Gasteiger partial charge in [-0.05, 0) is 37.0 Å². The molecule has 0 atom stereocenters. The predicted octanol–water partition coefficient (Wildman–Crippen LogP) is 4.28. The summed E-state index contributed by atoms with van der Waals surface area (Å²) in [4.78, 5) is 0. The zero-order valence-corrected chi connectivity index (χ0v) is 14.0. The molecule has 0 radical (unpaired) electrons. The van der Waals surface area contributed by atoms with Crippen molar-refractivity contribution in [3.05, 3.63) is 22.2 Å². The number of rotatable bonds is 7. The highest BCUT2D eigenvalue weighted by molar-refractivity contribution is 9.10. The maximum absolute atomic E-state index is 5.72. The van der Waals surface area contributed by atoms with Crippen LogP contribution >= 0.6 is 15.9 Å². The number of methoxy groups -OCH3 is 1. The fraction of sp³-hybridized carbons (Fsp3) is 0.625. The van der Waals surface area contributed by atoms with E-state index in [1.165, 1.54) is 31.2 Å². The summed E-state index contributed by atoms with van der Waals surface area (Å²) in [7, 11) is 1.69. The molecule has 2 rings (SSSR count). The fourth-order valence-corrected chi connectivity index (χ4v) is 3.04. The minimum Gasteiger partial charge on any atom is -0.493 e. The van der Waals surface area contributed by atoms with Gasteiger partial charge in [0.1, 0.15) is 0 Å². The van der Waals surface area contributed by atoms with Gasteiger partial charge < -0.3 is 14.8 Å². The molecule has 1 aromatic rings. The van der Waals surface area contributed by atoms with Crippen LogP contribution in [0, 0.1) is 0 Å². The normalized spacial score (nSPS) is 15.6. The maximum Gasteiger partial charge on any atom is 0.162 e. The SMILES string of the molecule is CCCOc1cc(Br)c(CNC2CCCC2)cc1OC. The first-order chi connectivity index (χ1) is 9.74. The van der Waals surface area contributed by atoms with Crippen LogP contribution in [0.1, 0.15) is 44.6 Å². The molecule has 0 spiro atoms. The highest BCUT2D eigenvalue weighted by Gasteiger charge is 2.15. The highest BCUT2D eigenvalue weighted by Crippen LogP contribution is 2.34. The van der Waals surface area contributed by atoms with Gasteiger partial charge in [0.2, 0.25) is 0 Å². The van der Waals surface area contributed by atoms with Crippen LogP contribution in [0.3, 0.4) is 0 Å². The zero-order valence-electron chi connectivity index (χ0n) is 12.4. The number of hydrogen-bond acceptors (Lipinski definition) is 3. The molecule has 0 bridgehead atoms. The summed E-state index contributed by atoms with van der Waals surface area (Å²) in [5.41, 5.74) is 1.22. The Morgan fingerprint density at radius 2 is 2.00 bits per heavy atom. The van der Waals surface area contributed by atoms with Crippen LogP contribution in [0.2, 0.25) is 0 Å². The first kappa shape index (κ1) is 15.6. The molecule has 1 aliphatic rings. The molecule has 0 unspecified atom stereocenters. The fourth-order valence-electron chi connectivity index (χ4n) is 2.58. The molecule has 112 valence electrons. The van der Waals surface area contributed by atoms with Gasteiger partial charge in [-0.1, -0.05) is 35.7 Å². The Morgan fingerprint density at radius 3 is 2.65 bits per heavy atom. The van der Waals surface area contributed by atoms with E-state index in [-0.39, 0.29) is 0 Å². The van der Waals surface area contributed by atoms with Crippen molar-refractivity contribution in [3.8, 4) is 11.5 Å². The molecule has 0 aliphatic heterocycles. The standard InChI is InChI=1S/C16H24BrNO2/c1-3-8-20-16-10-14(17)12(9-15(16)19-2)11-18-13-6-4-5-7-13/h9-10,13,18H,3-8,11H2,1-2H3. The van der Waals surface area contributed by atoms with Crippen molar-refractivity contribution in [2.45, 2.75) is 51.6 Å². The molecule has 4 heteroatoms. The molecule has 1 fully saturated rings. The third-order valence-electron chi connectivity index (χ3n) is 3.73. The maximum atomic E-state index is 5.72. The molecule has 0 saturated heterocycles. The summed E-state index contributed by atoms with van der Waals surface area (Å²) >= 11 is 3.64. The Kier molecular flexibility index (Phi) is 6.17. The Morgan fingerprint density at radius 1 is 1.25 bits per heavy atom. The van der Waals surface area contributed by atoms with E-state index in [2.05, 4.69) is 34.2 Å². The Bertz CT molecular complexity index is 431. The summed E-state index contributed by atoms with van der Waals surface area (Å²) < 4.78 is 12.2. The minimum atomic E-state index is 0.670. The largest absolute Gasteiger partial charge is 0.493 e. The molecule has 3 nitrogen and oxygen atoms in total. The van der Waals surface area contributed by atoms with E-state index < -0.39 is 0 Å². The Labute approximate surface area is 130 Å². The van der Waals surface area contributed by atoms with Crippen LogP contribution in [0.25, 0.3) is 0 Å². The highest BCUT2D eigenvalue weighted by atomic mass is 79.9. The zero-order chi connectivity index (χ0) is 14.4. The van der Waals surface area contributed by atoms with Crippen molar-refractivity contribution in [1.82, 2.24) is 5.32 Å². The van der Waals surface area contributed by atoms with Crippen LogP contribution in [0.4, 0.5) is 0 Å². The number of halogens is 1. The molecular weight excluding hydrogens is 318 g/mol. The lowest BCUT2D eigenvalue weighted by Gasteiger charge is -2.16. The molecule has 20 heavy (non-hydrogen) atoms. The minimum absolute atomic E-state index is 0.670. The van der Waals surface area contributed by atoms with Crippen LogP contribution in [0.5, 0.6) is 11.5 Å². The Balaban J connectivity index is 2.04. The summed E-state index contributed by atoms with van der Waals surface area (Å²) in [5.74, 6) is 1.62. The van der Waals surface area contributed by atoms with Crippen LogP contribution in [0.15, 0.2) is 16.6 Å². The lowest BCUT2D eigenvalue weighted by atomic mass is 10.1. The van der Waals surface area contributed by atoms with Gasteiger partial charge in [0.15, 0.2) is 11.5 Å². The van der Waals surface area contributed by atoms with Crippen LogP contribution < -0.4 is 14.8 Å². The molecule has 1 aromatic carbocycles. The van der Waals surface area contributed by atoms with Crippen molar-refractivity contribution >= 4 is 15.9 Å². The second-order valence-corrected chi connectivity index (χ2v) is 6.16. The number of ether oxygens (including phenoxy) is 2. The third-order valence-corrected chi connectivity index (χ3v) is 4.47. The van der Waals surface area contributed by atoms with Crippen LogP contribution in [-0.4, -0.2) is 19.8 Å². The first-order valence-electron chi connectivity index (χ1n) is 7.47. The lowest BCUT2D eigenvalue weighted by molar-refractivity contribution is 0.294. The molecule has 1 aliphatic carbocycles. The summed E-state index contributed by atoms with van der Waals surface area (Å²) in [6, 6.07) is 4.75.